The fourth-order valence-electron chi connectivity index (χ4n) is 1.95. The summed E-state index contributed by atoms with van der Waals surface area (Å²) in [5.41, 5.74) is 8.75. The minimum Gasteiger partial charge on any atom is -0.342 e. The number of hydrogen-bond donors (Lipinski definition) is 2. The number of hydrogen-bond acceptors (Lipinski definition) is 2. The van der Waals surface area contributed by atoms with E-state index < -0.39 is 0 Å². The van der Waals surface area contributed by atoms with Crippen LogP contribution in [0.5, 0.6) is 0 Å². The zero-order chi connectivity index (χ0) is 11.8. The second-order valence-corrected chi connectivity index (χ2v) is 4.87. The summed E-state index contributed by atoms with van der Waals surface area (Å²) >= 11 is 6.04. The summed E-state index contributed by atoms with van der Waals surface area (Å²) in [6.07, 6.45) is 4.39. The molecular formula is C13H14ClN3. The second-order valence-electron chi connectivity index (χ2n) is 4.47. The van der Waals surface area contributed by atoms with Gasteiger partial charge >= 0.3 is 0 Å². The molecule has 0 bridgehead atoms. The average Bonchev–Trinajstić information content (AvgIpc) is 3.08. The molecule has 0 radical (unpaired) electrons. The van der Waals surface area contributed by atoms with E-state index in [4.69, 9.17) is 17.3 Å². The van der Waals surface area contributed by atoms with Crippen molar-refractivity contribution in [3.63, 3.8) is 0 Å². The number of rotatable bonds is 3. The first-order valence-electron chi connectivity index (χ1n) is 5.81. The van der Waals surface area contributed by atoms with E-state index >= 15 is 0 Å². The Morgan fingerprint density at radius 3 is 2.94 bits per heavy atom. The number of nitrogens with zero attached hydrogens (tertiary/aromatic N) is 1. The van der Waals surface area contributed by atoms with E-state index in [9.17, 15) is 0 Å². The molecule has 0 atom stereocenters. The van der Waals surface area contributed by atoms with Crippen LogP contribution < -0.4 is 5.73 Å². The summed E-state index contributed by atoms with van der Waals surface area (Å²) in [7, 11) is 0. The van der Waals surface area contributed by atoms with Crippen molar-refractivity contribution in [3.8, 4) is 11.3 Å². The molecule has 1 fully saturated rings. The Morgan fingerprint density at radius 1 is 1.41 bits per heavy atom. The van der Waals surface area contributed by atoms with Gasteiger partial charge in [-0.2, -0.15) is 0 Å². The maximum atomic E-state index is 6.04. The maximum Gasteiger partial charge on any atom is 0.109 e. The van der Waals surface area contributed by atoms with Gasteiger partial charge in [0.2, 0.25) is 0 Å². The second kappa shape index (κ2) is 4.17. The van der Waals surface area contributed by atoms with Crippen LogP contribution in [-0.4, -0.2) is 9.97 Å². The van der Waals surface area contributed by atoms with Crippen LogP contribution in [0.3, 0.4) is 0 Å². The van der Waals surface area contributed by atoms with Crippen molar-refractivity contribution in [2.24, 2.45) is 5.73 Å². The molecule has 0 amide bonds. The average molecular weight is 248 g/mol. The van der Waals surface area contributed by atoms with Gasteiger partial charge in [-0.1, -0.05) is 17.7 Å². The summed E-state index contributed by atoms with van der Waals surface area (Å²) in [5, 5.41) is 0.721. The molecule has 1 heterocycles. The molecule has 0 aliphatic heterocycles. The monoisotopic (exact) mass is 247 g/mol. The number of H-pyrrole nitrogens is 1. The molecule has 1 saturated carbocycles. The number of benzene rings is 1. The molecule has 3 rings (SSSR count). The van der Waals surface area contributed by atoms with Gasteiger partial charge in [0.15, 0.2) is 0 Å². The standard InChI is InChI=1S/C13H14ClN3/c14-11-4-3-9(5-10(11)6-15)12-7-16-13(17-12)8-1-2-8/h3-5,7-8H,1-2,6,15H2,(H,16,17). The Hall–Kier alpha value is -1.32. The smallest absolute Gasteiger partial charge is 0.109 e. The molecule has 1 aliphatic carbocycles. The van der Waals surface area contributed by atoms with Crippen molar-refractivity contribution in [3.05, 3.63) is 40.8 Å². The van der Waals surface area contributed by atoms with Crippen LogP contribution in [0.2, 0.25) is 5.02 Å². The number of halogens is 1. The van der Waals surface area contributed by atoms with E-state index in [-0.39, 0.29) is 0 Å². The Kier molecular flexibility index (Phi) is 2.65. The minimum atomic E-state index is 0.455. The Labute approximate surface area is 105 Å². The predicted molar refractivity (Wildman–Crippen MR) is 68.9 cm³/mol. The van der Waals surface area contributed by atoms with Crippen LogP contribution in [0.25, 0.3) is 11.3 Å². The number of nitrogens with one attached hydrogen (secondary N) is 1. The van der Waals surface area contributed by atoms with Gasteiger partial charge in [0.1, 0.15) is 5.82 Å². The Balaban J connectivity index is 1.96. The molecule has 1 aromatic carbocycles. The molecule has 2 aromatic rings. The molecule has 88 valence electrons. The number of aromatic nitrogens is 2. The molecule has 1 aromatic heterocycles. The van der Waals surface area contributed by atoms with Crippen LogP contribution in [0.1, 0.15) is 30.1 Å². The normalized spacial score (nSPS) is 15.2. The Bertz CT molecular complexity index is 543. The van der Waals surface area contributed by atoms with Crippen molar-refractivity contribution >= 4 is 11.6 Å². The molecule has 17 heavy (non-hydrogen) atoms. The first kappa shape index (κ1) is 10.8. The van der Waals surface area contributed by atoms with E-state index in [0.29, 0.717) is 12.5 Å². The first-order valence-corrected chi connectivity index (χ1v) is 6.19. The van der Waals surface area contributed by atoms with Gasteiger partial charge in [0.25, 0.3) is 0 Å². The molecule has 3 nitrogen and oxygen atoms in total. The van der Waals surface area contributed by atoms with E-state index in [1.54, 1.807) is 0 Å². The highest BCUT2D eigenvalue weighted by Gasteiger charge is 2.26. The fourth-order valence-corrected chi connectivity index (χ4v) is 2.14. The summed E-state index contributed by atoms with van der Waals surface area (Å²) in [4.78, 5) is 7.78. The van der Waals surface area contributed by atoms with Crippen LogP contribution in [-0.2, 0) is 6.54 Å². The van der Waals surface area contributed by atoms with E-state index in [2.05, 4.69) is 9.97 Å². The SMILES string of the molecule is NCc1cc(-c2cnc(C3CC3)[nH]2)ccc1Cl. The number of nitrogens with two attached hydrogens (primary N) is 1. The molecule has 1 aliphatic rings. The van der Waals surface area contributed by atoms with Gasteiger partial charge in [-0.15, -0.1) is 0 Å². The van der Waals surface area contributed by atoms with Crippen molar-refractivity contribution in [1.29, 1.82) is 0 Å². The van der Waals surface area contributed by atoms with Crippen LogP contribution in [0, 0.1) is 0 Å². The molecule has 0 spiro atoms. The van der Waals surface area contributed by atoms with Crippen LogP contribution >= 0.6 is 11.6 Å². The van der Waals surface area contributed by atoms with Gasteiger partial charge in [0, 0.05) is 17.5 Å². The summed E-state index contributed by atoms with van der Waals surface area (Å²) in [6.45, 7) is 0.455. The van der Waals surface area contributed by atoms with E-state index in [1.807, 2.05) is 24.4 Å². The van der Waals surface area contributed by atoms with E-state index in [1.165, 1.54) is 12.8 Å². The predicted octanol–water partition coefficient (Wildman–Crippen LogP) is 3.07. The zero-order valence-electron chi connectivity index (χ0n) is 9.41. The lowest BCUT2D eigenvalue weighted by molar-refractivity contribution is 0.976. The quantitative estimate of drug-likeness (QED) is 0.876. The molecular weight excluding hydrogens is 234 g/mol. The summed E-state index contributed by atoms with van der Waals surface area (Å²) in [5.74, 6) is 1.74. The first-order chi connectivity index (χ1) is 8.28. The third kappa shape index (κ3) is 2.08. The van der Waals surface area contributed by atoms with Crippen molar-refractivity contribution in [2.75, 3.05) is 0 Å². The van der Waals surface area contributed by atoms with Crippen molar-refractivity contribution < 1.29 is 0 Å². The van der Waals surface area contributed by atoms with Crippen molar-refractivity contribution in [1.82, 2.24) is 9.97 Å². The fraction of sp³-hybridized carbons (Fsp3) is 0.308. The molecule has 0 unspecified atom stereocenters. The molecule has 4 heteroatoms. The largest absolute Gasteiger partial charge is 0.342 e. The van der Waals surface area contributed by atoms with Gasteiger partial charge in [-0.05, 0) is 36.1 Å². The lowest BCUT2D eigenvalue weighted by Gasteiger charge is -2.04. The lowest BCUT2D eigenvalue weighted by Crippen LogP contribution is -1.97. The van der Waals surface area contributed by atoms with Gasteiger partial charge in [0.05, 0.1) is 11.9 Å². The van der Waals surface area contributed by atoms with E-state index in [0.717, 1.165) is 27.7 Å². The molecule has 3 N–H and O–H groups in total. The third-order valence-corrected chi connectivity index (χ3v) is 3.50. The third-order valence-electron chi connectivity index (χ3n) is 3.14. The highest BCUT2D eigenvalue weighted by molar-refractivity contribution is 6.31. The van der Waals surface area contributed by atoms with Crippen LogP contribution in [0.15, 0.2) is 24.4 Å². The van der Waals surface area contributed by atoms with Gasteiger partial charge in [-0.25, -0.2) is 4.98 Å². The summed E-state index contributed by atoms with van der Waals surface area (Å²) < 4.78 is 0. The number of imidazole rings is 1. The highest BCUT2D eigenvalue weighted by atomic mass is 35.5. The van der Waals surface area contributed by atoms with Crippen molar-refractivity contribution in [2.45, 2.75) is 25.3 Å². The number of aromatic amines is 1. The van der Waals surface area contributed by atoms with Gasteiger partial charge < -0.3 is 10.7 Å². The zero-order valence-corrected chi connectivity index (χ0v) is 10.2. The van der Waals surface area contributed by atoms with Crippen LogP contribution in [0.4, 0.5) is 0 Å². The Morgan fingerprint density at radius 2 is 2.24 bits per heavy atom. The highest BCUT2D eigenvalue weighted by Crippen LogP contribution is 2.39. The lowest BCUT2D eigenvalue weighted by atomic mass is 10.1. The topological polar surface area (TPSA) is 54.7 Å². The van der Waals surface area contributed by atoms with Gasteiger partial charge in [-0.3, -0.25) is 0 Å². The molecule has 0 saturated heterocycles. The summed E-state index contributed by atoms with van der Waals surface area (Å²) in [6, 6.07) is 5.90. The minimum absolute atomic E-state index is 0.455. The maximum absolute atomic E-state index is 6.04.